The van der Waals surface area contributed by atoms with Crippen LogP contribution in [-0.4, -0.2) is 17.0 Å². The van der Waals surface area contributed by atoms with Gasteiger partial charge in [-0.1, -0.05) is 25.5 Å². The van der Waals surface area contributed by atoms with Crippen molar-refractivity contribution in [3.05, 3.63) is 11.6 Å². The largest absolute Gasteiger partial charge is 0.393 e. The van der Waals surface area contributed by atoms with E-state index < -0.39 is 0 Å². The topological polar surface area (TPSA) is 37.3 Å². The number of Topliss-reactive ketones (excluding diaryl/α,β-unsaturated/α-hetero) is 1. The van der Waals surface area contributed by atoms with Crippen LogP contribution in [0, 0.1) is 28.6 Å². The molecule has 0 bridgehead atoms. The van der Waals surface area contributed by atoms with Crippen molar-refractivity contribution in [2.75, 3.05) is 0 Å². The Kier molecular flexibility index (Phi) is 2.96. The summed E-state index contributed by atoms with van der Waals surface area (Å²) >= 11 is 0. The molecule has 0 spiro atoms. The molecule has 3 saturated carbocycles. The second kappa shape index (κ2) is 4.44. The molecule has 1 N–H and O–H groups in total. The van der Waals surface area contributed by atoms with Gasteiger partial charge in [0, 0.05) is 12.8 Å². The van der Waals surface area contributed by atoms with E-state index in [-0.39, 0.29) is 16.9 Å². The van der Waals surface area contributed by atoms with Crippen LogP contribution >= 0.6 is 0 Å². The van der Waals surface area contributed by atoms with Crippen molar-refractivity contribution in [1.82, 2.24) is 0 Å². The third-order valence-electron chi connectivity index (χ3n) is 7.89. The first kappa shape index (κ1) is 14.0. The Hall–Kier alpha value is -0.630. The SMILES string of the molecule is C[C@]12CCC(=O)CC1=CC[C@@H]1[C@@H]2CC[C@]2(C)C(O)CC[C@@H]12. The minimum Gasteiger partial charge on any atom is -0.393 e. The highest BCUT2D eigenvalue weighted by atomic mass is 16.3. The van der Waals surface area contributed by atoms with Gasteiger partial charge in [-0.2, -0.15) is 0 Å². The summed E-state index contributed by atoms with van der Waals surface area (Å²) in [5.74, 6) is 2.62. The third kappa shape index (κ3) is 1.78. The summed E-state index contributed by atoms with van der Waals surface area (Å²) in [4.78, 5) is 11.8. The van der Waals surface area contributed by atoms with Crippen LogP contribution in [0.15, 0.2) is 11.6 Å². The van der Waals surface area contributed by atoms with Crippen LogP contribution < -0.4 is 0 Å². The molecule has 3 fully saturated rings. The predicted octanol–water partition coefficient (Wildman–Crippen LogP) is 3.88. The second-order valence-corrected chi connectivity index (χ2v) is 8.61. The fourth-order valence-corrected chi connectivity index (χ4v) is 6.45. The molecular weight excluding hydrogens is 260 g/mol. The average molecular weight is 288 g/mol. The summed E-state index contributed by atoms with van der Waals surface area (Å²) < 4.78 is 0. The van der Waals surface area contributed by atoms with E-state index in [9.17, 15) is 9.90 Å². The van der Waals surface area contributed by atoms with Gasteiger partial charge in [-0.3, -0.25) is 4.79 Å². The number of ketones is 1. The number of aliphatic hydroxyl groups is 1. The predicted molar refractivity (Wildman–Crippen MR) is 82.7 cm³/mol. The van der Waals surface area contributed by atoms with Crippen LogP contribution in [0.5, 0.6) is 0 Å². The van der Waals surface area contributed by atoms with Crippen molar-refractivity contribution >= 4 is 5.78 Å². The standard InChI is InChI=1S/C19H28O2/c1-18-9-7-13(20)11-12(18)3-4-14-15-5-6-17(21)19(15,2)10-8-16(14)18/h3,14-17,21H,4-11H2,1-2H3/t14-,15-,16-,17?,18-,19-/m0/s1. The first-order valence-corrected chi connectivity index (χ1v) is 8.84. The van der Waals surface area contributed by atoms with Crippen molar-refractivity contribution in [2.24, 2.45) is 28.6 Å². The zero-order chi connectivity index (χ0) is 14.8. The Balaban J connectivity index is 1.69. The van der Waals surface area contributed by atoms with E-state index in [1.807, 2.05) is 0 Å². The summed E-state index contributed by atoms with van der Waals surface area (Å²) in [6, 6.07) is 0. The van der Waals surface area contributed by atoms with Crippen LogP contribution in [0.25, 0.3) is 0 Å². The molecule has 116 valence electrons. The van der Waals surface area contributed by atoms with E-state index in [1.54, 1.807) is 0 Å². The highest BCUT2D eigenvalue weighted by molar-refractivity contribution is 5.82. The van der Waals surface area contributed by atoms with Crippen LogP contribution in [0.2, 0.25) is 0 Å². The molecule has 0 aromatic heterocycles. The third-order valence-corrected chi connectivity index (χ3v) is 7.89. The maximum atomic E-state index is 11.8. The summed E-state index contributed by atoms with van der Waals surface area (Å²) in [7, 11) is 0. The highest BCUT2D eigenvalue weighted by Crippen LogP contribution is 2.64. The number of carbonyl (C=O) groups is 1. The Bertz CT molecular complexity index is 508. The van der Waals surface area contributed by atoms with Gasteiger partial charge in [0.25, 0.3) is 0 Å². The zero-order valence-corrected chi connectivity index (χ0v) is 13.4. The maximum Gasteiger partial charge on any atom is 0.136 e. The molecule has 2 nitrogen and oxygen atoms in total. The molecule has 0 aromatic rings. The number of hydrogen-bond acceptors (Lipinski definition) is 2. The molecule has 0 saturated heterocycles. The highest BCUT2D eigenvalue weighted by Gasteiger charge is 2.58. The van der Waals surface area contributed by atoms with Crippen LogP contribution in [-0.2, 0) is 4.79 Å². The van der Waals surface area contributed by atoms with E-state index in [1.165, 1.54) is 24.8 Å². The summed E-state index contributed by atoms with van der Waals surface area (Å²) in [6.07, 6.45) is 10.6. The number of carbonyl (C=O) groups excluding carboxylic acids is 1. The number of hydrogen-bond donors (Lipinski definition) is 1. The lowest BCUT2D eigenvalue weighted by Gasteiger charge is -2.57. The summed E-state index contributed by atoms with van der Waals surface area (Å²) in [5, 5.41) is 10.4. The number of allylic oxidation sites excluding steroid dienone is 2. The van der Waals surface area contributed by atoms with Gasteiger partial charge < -0.3 is 5.11 Å². The van der Waals surface area contributed by atoms with E-state index in [0.29, 0.717) is 18.1 Å². The number of aliphatic hydroxyl groups excluding tert-OH is 1. The molecule has 0 aromatic carbocycles. The molecule has 0 aliphatic heterocycles. The van der Waals surface area contributed by atoms with Gasteiger partial charge in [0.05, 0.1) is 6.10 Å². The van der Waals surface area contributed by atoms with Gasteiger partial charge in [0.1, 0.15) is 5.78 Å². The lowest BCUT2D eigenvalue weighted by atomic mass is 9.48. The Morgan fingerprint density at radius 3 is 2.76 bits per heavy atom. The minimum absolute atomic E-state index is 0.0884. The monoisotopic (exact) mass is 288 g/mol. The molecule has 1 unspecified atom stereocenters. The maximum absolute atomic E-state index is 11.8. The van der Waals surface area contributed by atoms with Crippen LogP contribution in [0.1, 0.15) is 65.2 Å². The Morgan fingerprint density at radius 1 is 1.14 bits per heavy atom. The van der Waals surface area contributed by atoms with Gasteiger partial charge in [0.2, 0.25) is 0 Å². The normalized spacial score (nSPS) is 52.7. The molecule has 21 heavy (non-hydrogen) atoms. The zero-order valence-electron chi connectivity index (χ0n) is 13.4. The van der Waals surface area contributed by atoms with E-state index in [4.69, 9.17) is 0 Å². The van der Waals surface area contributed by atoms with Gasteiger partial charge in [0.15, 0.2) is 0 Å². The van der Waals surface area contributed by atoms with Gasteiger partial charge in [-0.15, -0.1) is 0 Å². The minimum atomic E-state index is -0.0884. The van der Waals surface area contributed by atoms with Crippen molar-refractivity contribution in [3.8, 4) is 0 Å². The first-order valence-electron chi connectivity index (χ1n) is 8.84. The van der Waals surface area contributed by atoms with E-state index in [0.717, 1.165) is 37.5 Å². The molecule has 4 aliphatic rings. The molecule has 0 radical (unpaired) electrons. The van der Waals surface area contributed by atoms with Crippen molar-refractivity contribution in [3.63, 3.8) is 0 Å². The number of fused-ring (bicyclic) bond motifs is 5. The van der Waals surface area contributed by atoms with Crippen molar-refractivity contribution in [2.45, 2.75) is 71.3 Å². The Morgan fingerprint density at radius 2 is 1.95 bits per heavy atom. The van der Waals surface area contributed by atoms with Gasteiger partial charge in [-0.25, -0.2) is 0 Å². The summed E-state index contributed by atoms with van der Waals surface area (Å²) in [5.41, 5.74) is 1.88. The summed E-state index contributed by atoms with van der Waals surface area (Å²) in [6.45, 7) is 4.76. The quantitative estimate of drug-likeness (QED) is 0.687. The fourth-order valence-electron chi connectivity index (χ4n) is 6.45. The smallest absolute Gasteiger partial charge is 0.136 e. The van der Waals surface area contributed by atoms with Crippen LogP contribution in [0.4, 0.5) is 0 Å². The molecule has 6 atom stereocenters. The molecule has 2 heteroatoms. The van der Waals surface area contributed by atoms with Crippen LogP contribution in [0.3, 0.4) is 0 Å². The van der Waals surface area contributed by atoms with Crippen molar-refractivity contribution in [1.29, 1.82) is 0 Å². The molecular formula is C19H28O2. The molecule has 0 amide bonds. The second-order valence-electron chi connectivity index (χ2n) is 8.61. The lowest BCUT2D eigenvalue weighted by Crippen LogP contribution is -2.50. The Labute approximate surface area is 128 Å². The van der Waals surface area contributed by atoms with E-state index >= 15 is 0 Å². The fraction of sp³-hybridized carbons (Fsp3) is 0.842. The van der Waals surface area contributed by atoms with Crippen molar-refractivity contribution < 1.29 is 9.90 Å². The molecule has 4 rings (SSSR count). The first-order chi connectivity index (χ1) is 9.95. The molecule has 0 heterocycles. The van der Waals surface area contributed by atoms with E-state index in [2.05, 4.69) is 19.9 Å². The number of rotatable bonds is 0. The average Bonchev–Trinajstić information content (AvgIpc) is 2.76. The molecule has 4 aliphatic carbocycles. The van der Waals surface area contributed by atoms with Gasteiger partial charge in [-0.05, 0) is 67.1 Å². The van der Waals surface area contributed by atoms with Gasteiger partial charge >= 0.3 is 0 Å². The lowest BCUT2D eigenvalue weighted by molar-refractivity contribution is -0.122.